The number of benzene rings is 4. The van der Waals surface area contributed by atoms with Gasteiger partial charge in [0.1, 0.15) is 23.2 Å². The molecule has 4 heteroatoms. The van der Waals surface area contributed by atoms with Crippen LogP contribution >= 0.6 is 7.26 Å². The zero-order valence-electron chi connectivity index (χ0n) is 18.3. The summed E-state index contributed by atoms with van der Waals surface area (Å²) in [6.45, 7) is 4.08. The number of nitrogens with one attached hydrogen (secondary N) is 1. The van der Waals surface area contributed by atoms with Gasteiger partial charge < -0.3 is 17.7 Å². The molecule has 32 heavy (non-hydrogen) atoms. The fourth-order valence-electron chi connectivity index (χ4n) is 4.04. The predicted molar refractivity (Wildman–Crippen MR) is 135 cm³/mol. The Balaban J connectivity index is 0.00000289. The third-order valence-electron chi connectivity index (χ3n) is 5.64. The van der Waals surface area contributed by atoms with Crippen molar-refractivity contribution in [1.29, 1.82) is 0 Å². The van der Waals surface area contributed by atoms with Gasteiger partial charge in [0.25, 0.3) is 5.91 Å². The molecule has 2 nitrogen and oxygen atoms in total. The van der Waals surface area contributed by atoms with Crippen molar-refractivity contribution in [2.45, 2.75) is 13.8 Å². The van der Waals surface area contributed by atoms with Crippen molar-refractivity contribution in [3.8, 4) is 0 Å². The Hall–Kier alpha value is -2.93. The van der Waals surface area contributed by atoms with Gasteiger partial charge in [-0.25, -0.2) is 0 Å². The summed E-state index contributed by atoms with van der Waals surface area (Å²) in [4.78, 5) is 13.5. The molecule has 4 aromatic carbocycles. The molecule has 1 amide bonds. The summed E-state index contributed by atoms with van der Waals surface area (Å²) in [7, 11) is -2.19. The molecule has 0 saturated carbocycles. The molecular weight excluding hydrogens is 433 g/mol. The van der Waals surface area contributed by atoms with E-state index in [0.29, 0.717) is 6.16 Å². The van der Waals surface area contributed by atoms with E-state index in [1.54, 1.807) is 0 Å². The van der Waals surface area contributed by atoms with Gasteiger partial charge in [0.2, 0.25) is 0 Å². The topological polar surface area (TPSA) is 29.1 Å². The number of amides is 1. The van der Waals surface area contributed by atoms with E-state index in [1.807, 2.05) is 38.1 Å². The first-order chi connectivity index (χ1) is 15.1. The van der Waals surface area contributed by atoms with Gasteiger partial charge in [-0.15, -0.1) is 0 Å². The molecule has 0 atom stereocenters. The first-order valence-electron chi connectivity index (χ1n) is 10.5. The van der Waals surface area contributed by atoms with Crippen LogP contribution in [0.15, 0.2) is 109 Å². The van der Waals surface area contributed by atoms with Gasteiger partial charge in [0, 0.05) is 5.69 Å². The van der Waals surface area contributed by atoms with Gasteiger partial charge in [-0.3, -0.25) is 4.79 Å². The number of halogens is 1. The van der Waals surface area contributed by atoms with Crippen molar-refractivity contribution in [2.24, 2.45) is 0 Å². The molecule has 0 aliphatic rings. The lowest BCUT2D eigenvalue weighted by Gasteiger charge is -2.27. The van der Waals surface area contributed by atoms with Gasteiger partial charge >= 0.3 is 0 Å². The number of hydrogen-bond donors (Lipinski definition) is 1. The molecule has 0 aliphatic heterocycles. The molecule has 0 radical (unpaired) electrons. The van der Waals surface area contributed by atoms with Crippen LogP contribution in [-0.2, 0) is 4.79 Å². The maximum atomic E-state index is 13.5. The Morgan fingerprint density at radius 2 is 1.12 bits per heavy atom. The zero-order chi connectivity index (χ0) is 21.7. The quantitative estimate of drug-likeness (QED) is 0.440. The maximum absolute atomic E-state index is 13.5. The molecule has 4 aromatic rings. The van der Waals surface area contributed by atoms with Crippen LogP contribution in [-0.4, -0.2) is 12.1 Å². The first kappa shape index (κ1) is 23.7. The van der Waals surface area contributed by atoms with Crippen LogP contribution in [0.3, 0.4) is 0 Å². The van der Waals surface area contributed by atoms with Gasteiger partial charge in [0.15, 0.2) is 6.16 Å². The van der Waals surface area contributed by atoms with Crippen LogP contribution in [0.25, 0.3) is 0 Å². The molecule has 0 aliphatic carbocycles. The number of hydrogen-bond acceptors (Lipinski definition) is 1. The summed E-state index contributed by atoms with van der Waals surface area (Å²) in [6, 6.07) is 37.7. The monoisotopic (exact) mass is 459 g/mol. The molecule has 0 saturated heterocycles. The highest BCUT2D eigenvalue weighted by atomic mass is 35.5. The summed E-state index contributed by atoms with van der Waals surface area (Å²) in [6.07, 6.45) is 0.415. The third kappa shape index (κ3) is 4.93. The standard InChI is InChI=1S/C28H26NOP.ClH/c1-22-18-19-23(2)27(20-22)29-28(30)21-31(24-12-6-3-7-13-24,25-14-8-4-9-15-25)26-16-10-5-11-17-26;/h3-20H,21H2,1-2H3;1H. The predicted octanol–water partition coefficient (Wildman–Crippen LogP) is 2.24. The van der Waals surface area contributed by atoms with E-state index < -0.39 is 7.26 Å². The van der Waals surface area contributed by atoms with Gasteiger partial charge in [-0.2, -0.15) is 0 Å². The van der Waals surface area contributed by atoms with Crippen molar-refractivity contribution in [1.82, 2.24) is 0 Å². The summed E-state index contributed by atoms with van der Waals surface area (Å²) >= 11 is 0. The van der Waals surface area contributed by atoms with Crippen LogP contribution in [0.1, 0.15) is 11.1 Å². The van der Waals surface area contributed by atoms with Crippen molar-refractivity contribution < 1.29 is 17.2 Å². The van der Waals surface area contributed by atoms with Crippen LogP contribution in [0.4, 0.5) is 5.69 Å². The minimum absolute atomic E-state index is 0. The summed E-state index contributed by atoms with van der Waals surface area (Å²) in [5.74, 6) is 0.0404. The summed E-state index contributed by atoms with van der Waals surface area (Å²) in [5, 5.41) is 6.84. The average Bonchev–Trinajstić information content (AvgIpc) is 2.81. The molecule has 0 fully saturated rings. The molecular formula is C28H27ClNOP. The second-order valence-electron chi connectivity index (χ2n) is 7.84. The normalized spacial score (nSPS) is 10.8. The molecule has 0 bridgehead atoms. The lowest BCUT2D eigenvalue weighted by Crippen LogP contribution is -3.00. The molecule has 0 spiro atoms. The highest BCUT2D eigenvalue weighted by molar-refractivity contribution is 7.96. The zero-order valence-corrected chi connectivity index (χ0v) is 20.0. The lowest BCUT2D eigenvalue weighted by molar-refractivity contribution is -0.113. The third-order valence-corrected chi connectivity index (χ3v) is 9.94. The number of carbonyl (C=O) groups excluding carboxylic acids is 1. The van der Waals surface area contributed by atoms with Gasteiger partial charge in [0.05, 0.1) is 0 Å². The van der Waals surface area contributed by atoms with Gasteiger partial charge in [-0.1, -0.05) is 66.7 Å². The van der Waals surface area contributed by atoms with Crippen molar-refractivity contribution in [3.63, 3.8) is 0 Å². The average molecular weight is 460 g/mol. The minimum atomic E-state index is -2.19. The Bertz CT molecular complexity index is 1070. The maximum Gasteiger partial charge on any atom is 0.263 e. The highest BCUT2D eigenvalue weighted by Gasteiger charge is 2.47. The minimum Gasteiger partial charge on any atom is -1.00 e. The highest BCUT2D eigenvalue weighted by Crippen LogP contribution is 2.55. The number of rotatable bonds is 6. The van der Waals surface area contributed by atoms with Crippen LogP contribution in [0, 0.1) is 13.8 Å². The lowest BCUT2D eigenvalue weighted by atomic mass is 10.1. The molecule has 0 heterocycles. The second kappa shape index (κ2) is 10.6. The van der Waals surface area contributed by atoms with E-state index in [0.717, 1.165) is 16.8 Å². The van der Waals surface area contributed by atoms with E-state index in [4.69, 9.17) is 0 Å². The second-order valence-corrected chi connectivity index (χ2v) is 11.3. The SMILES string of the molecule is Cc1ccc(C)c(NC(=O)C[P+](c2ccccc2)(c2ccccc2)c2ccccc2)c1.[Cl-]. The summed E-state index contributed by atoms with van der Waals surface area (Å²) in [5.41, 5.74) is 3.09. The van der Waals surface area contributed by atoms with Crippen molar-refractivity contribution >= 4 is 34.8 Å². The molecule has 4 rings (SSSR count). The molecule has 0 aromatic heterocycles. The number of carbonyl (C=O) groups is 1. The fourth-order valence-corrected chi connectivity index (χ4v) is 8.04. The van der Waals surface area contributed by atoms with Crippen LogP contribution in [0.5, 0.6) is 0 Å². The van der Waals surface area contributed by atoms with Crippen LogP contribution < -0.4 is 33.6 Å². The Morgan fingerprint density at radius 3 is 1.56 bits per heavy atom. The smallest absolute Gasteiger partial charge is 0.263 e. The summed E-state index contributed by atoms with van der Waals surface area (Å²) < 4.78 is 0. The van der Waals surface area contributed by atoms with E-state index in [-0.39, 0.29) is 18.3 Å². The molecule has 1 N–H and O–H groups in total. The van der Waals surface area contributed by atoms with E-state index in [9.17, 15) is 4.79 Å². The largest absolute Gasteiger partial charge is 1.00 e. The Morgan fingerprint density at radius 1 is 0.688 bits per heavy atom. The molecule has 0 unspecified atom stereocenters. The number of anilines is 1. The van der Waals surface area contributed by atoms with Crippen molar-refractivity contribution in [2.75, 3.05) is 11.5 Å². The Labute approximate surface area is 197 Å². The fraction of sp³-hybridized carbons (Fsp3) is 0.107. The molecule has 162 valence electrons. The van der Waals surface area contributed by atoms with Crippen LogP contribution in [0.2, 0.25) is 0 Å². The Kier molecular flexibility index (Phi) is 7.85. The number of aryl methyl sites for hydroxylation is 2. The van der Waals surface area contributed by atoms with Gasteiger partial charge in [-0.05, 0) is 67.4 Å². The van der Waals surface area contributed by atoms with E-state index >= 15 is 0 Å². The van der Waals surface area contributed by atoms with Crippen molar-refractivity contribution in [3.05, 3.63) is 120 Å². The van der Waals surface area contributed by atoms with E-state index in [2.05, 4.69) is 90.2 Å². The first-order valence-corrected chi connectivity index (χ1v) is 12.5. The van der Waals surface area contributed by atoms with E-state index in [1.165, 1.54) is 15.9 Å².